The Bertz CT molecular complexity index is 898. The molecule has 1 aromatic heterocycles. The average molecular weight is 427 g/mol. The van der Waals surface area contributed by atoms with Crippen LogP contribution < -0.4 is 28.6 Å². The largest absolute Gasteiger partial charge is 0.479 e. The number of rotatable bonds is 8. The van der Waals surface area contributed by atoms with Gasteiger partial charge in [-0.25, -0.2) is 9.59 Å². The third kappa shape index (κ3) is 4.92. The number of nitrogen functional groups attached to an aromatic ring is 1. The predicted octanol–water partition coefficient (Wildman–Crippen LogP) is -4.06. The predicted molar refractivity (Wildman–Crippen MR) is 104 cm³/mol. The number of ether oxygens (including phenoxy) is 1. The van der Waals surface area contributed by atoms with Crippen molar-refractivity contribution in [2.75, 3.05) is 12.3 Å². The van der Waals surface area contributed by atoms with E-state index in [4.69, 9.17) is 27.7 Å². The minimum absolute atomic E-state index is 0.138. The summed E-state index contributed by atoms with van der Waals surface area (Å²) in [6.45, 7) is -0.866. The number of carbonyl (C=O) groups is 1. The molecule has 0 fully saturated rings. The molecule has 0 saturated carbocycles. The number of nitrogens with two attached hydrogens (primary N) is 4. The van der Waals surface area contributed by atoms with Crippen LogP contribution in [0.25, 0.3) is 0 Å². The first-order valence-electron chi connectivity index (χ1n) is 8.76. The molecule has 14 heteroatoms. The van der Waals surface area contributed by atoms with Gasteiger partial charge in [-0.05, 0) is 6.08 Å². The van der Waals surface area contributed by atoms with Crippen LogP contribution in [0, 0.1) is 0 Å². The van der Waals surface area contributed by atoms with Crippen LogP contribution in [0.15, 0.2) is 28.1 Å². The molecular weight excluding hydrogens is 402 g/mol. The van der Waals surface area contributed by atoms with Gasteiger partial charge in [-0.2, -0.15) is 4.98 Å². The minimum Gasteiger partial charge on any atom is -0.479 e. The van der Waals surface area contributed by atoms with Crippen LogP contribution in [-0.4, -0.2) is 72.3 Å². The molecule has 2 heterocycles. The zero-order chi connectivity index (χ0) is 22.6. The number of aliphatic imine (C=N–C) groups is 1. The lowest BCUT2D eigenvalue weighted by Gasteiger charge is -2.40. The van der Waals surface area contributed by atoms with E-state index in [0.29, 0.717) is 0 Å². The van der Waals surface area contributed by atoms with Gasteiger partial charge in [0.25, 0.3) is 0 Å². The van der Waals surface area contributed by atoms with Crippen molar-refractivity contribution in [3.63, 3.8) is 0 Å². The Morgan fingerprint density at radius 2 is 2.07 bits per heavy atom. The third-order valence-corrected chi connectivity index (χ3v) is 4.51. The summed E-state index contributed by atoms with van der Waals surface area (Å²) in [4.78, 5) is 31.2. The van der Waals surface area contributed by atoms with E-state index in [2.05, 4.69) is 9.98 Å². The van der Waals surface area contributed by atoms with Crippen molar-refractivity contribution in [1.29, 1.82) is 0 Å². The van der Waals surface area contributed by atoms with E-state index in [-0.39, 0.29) is 23.9 Å². The molecule has 0 aromatic carbocycles. The highest BCUT2D eigenvalue weighted by molar-refractivity contribution is 5.78. The van der Waals surface area contributed by atoms with Crippen LogP contribution in [0.1, 0.15) is 18.2 Å². The average Bonchev–Trinajstić information content (AvgIpc) is 2.67. The number of aliphatic hydroxyl groups is 3. The zero-order valence-electron chi connectivity index (χ0n) is 15.8. The quantitative estimate of drug-likeness (QED) is 0.112. The van der Waals surface area contributed by atoms with Gasteiger partial charge < -0.3 is 48.1 Å². The van der Waals surface area contributed by atoms with E-state index in [9.17, 15) is 30.0 Å². The Balaban J connectivity index is 2.36. The normalized spacial score (nSPS) is 24.1. The van der Waals surface area contributed by atoms with Crippen LogP contribution in [0.2, 0.25) is 0 Å². The maximum absolute atomic E-state index is 12.2. The Morgan fingerprint density at radius 3 is 2.63 bits per heavy atom. The van der Waals surface area contributed by atoms with Gasteiger partial charge in [0.2, 0.25) is 0 Å². The van der Waals surface area contributed by atoms with E-state index in [1.54, 1.807) is 0 Å². The van der Waals surface area contributed by atoms with Gasteiger partial charge in [0.15, 0.2) is 17.8 Å². The summed E-state index contributed by atoms with van der Waals surface area (Å²) < 4.78 is 6.57. The van der Waals surface area contributed by atoms with Gasteiger partial charge in [-0.3, -0.25) is 9.56 Å². The Labute approximate surface area is 170 Å². The number of aliphatic hydroxyl groups excluding tert-OH is 2. The lowest BCUT2D eigenvalue weighted by molar-refractivity contribution is -0.195. The molecule has 0 amide bonds. The van der Waals surface area contributed by atoms with Crippen molar-refractivity contribution in [3.8, 4) is 0 Å². The van der Waals surface area contributed by atoms with Crippen molar-refractivity contribution in [1.82, 2.24) is 9.55 Å². The van der Waals surface area contributed by atoms with Crippen molar-refractivity contribution in [3.05, 3.63) is 34.4 Å². The number of hydrogen-bond donors (Lipinski definition) is 8. The number of anilines is 1. The first-order chi connectivity index (χ1) is 14.0. The Kier molecular flexibility index (Phi) is 7.12. The van der Waals surface area contributed by atoms with E-state index in [1.807, 2.05) is 0 Å². The molecule has 1 aromatic rings. The molecule has 1 aliphatic heterocycles. The molecule has 12 N–H and O–H groups in total. The number of nitrogens with zero attached hydrogens (tertiary/aromatic N) is 3. The van der Waals surface area contributed by atoms with Crippen LogP contribution in [0.5, 0.6) is 0 Å². The number of aromatic nitrogens is 2. The molecule has 4 unspecified atom stereocenters. The lowest BCUT2D eigenvalue weighted by atomic mass is 9.85. The second-order valence-corrected chi connectivity index (χ2v) is 6.76. The van der Waals surface area contributed by atoms with Gasteiger partial charge in [0.05, 0.1) is 25.3 Å². The molecule has 30 heavy (non-hydrogen) atoms. The second kappa shape index (κ2) is 9.19. The zero-order valence-corrected chi connectivity index (χ0v) is 15.8. The highest BCUT2D eigenvalue weighted by Crippen LogP contribution is 2.30. The van der Waals surface area contributed by atoms with E-state index in [0.717, 1.165) is 4.57 Å². The molecule has 0 saturated heterocycles. The SMILES string of the molecule is NC(N)=NCC(O)C[C@](O)(C(=O)O)C1OC(n2cc(CO)c(N)nc2=O)C=CC1N. The fourth-order valence-electron chi connectivity index (χ4n) is 2.99. The number of guanidine groups is 1. The van der Waals surface area contributed by atoms with Gasteiger partial charge in [0, 0.05) is 18.2 Å². The smallest absolute Gasteiger partial charge is 0.351 e. The van der Waals surface area contributed by atoms with Crippen molar-refractivity contribution < 1.29 is 30.0 Å². The maximum atomic E-state index is 12.2. The summed E-state index contributed by atoms with van der Waals surface area (Å²) >= 11 is 0. The molecule has 166 valence electrons. The van der Waals surface area contributed by atoms with Crippen LogP contribution in [0.3, 0.4) is 0 Å². The van der Waals surface area contributed by atoms with Gasteiger partial charge in [-0.1, -0.05) is 6.08 Å². The van der Waals surface area contributed by atoms with Crippen LogP contribution in [0.4, 0.5) is 5.82 Å². The fraction of sp³-hybridized carbons (Fsp3) is 0.500. The Morgan fingerprint density at radius 1 is 1.40 bits per heavy atom. The van der Waals surface area contributed by atoms with E-state index < -0.39 is 54.8 Å². The first kappa shape index (κ1) is 23.2. The summed E-state index contributed by atoms with van der Waals surface area (Å²) in [7, 11) is 0. The minimum atomic E-state index is -2.65. The standard InChI is InChI=1S/C16H25N7O7/c17-9-1-2-10(23-5-7(6-24)12(18)22-15(23)28)30-11(9)16(29,13(26)27)3-8(25)4-21-14(19)20/h1-2,5,8-11,24-25,29H,3-4,6,17H2,(H,26,27)(H2,18,22,28)(H4,19,20,21)/t8?,9?,10?,11?,16-/m1/s1. The van der Waals surface area contributed by atoms with Gasteiger partial charge in [-0.15, -0.1) is 0 Å². The molecular formula is C16H25N7O7. The molecule has 5 atom stereocenters. The molecule has 1 aliphatic rings. The summed E-state index contributed by atoms with van der Waals surface area (Å²) in [5.74, 6) is -2.20. The van der Waals surface area contributed by atoms with Crippen LogP contribution >= 0.6 is 0 Å². The summed E-state index contributed by atoms with van der Waals surface area (Å²) in [6, 6.07) is -1.09. The topological polar surface area (TPSA) is 259 Å². The van der Waals surface area contributed by atoms with Crippen molar-refractivity contribution >= 4 is 17.7 Å². The summed E-state index contributed by atoms with van der Waals surface area (Å²) in [5.41, 5.74) is 18.5. The van der Waals surface area contributed by atoms with Crippen LogP contribution in [-0.2, 0) is 16.1 Å². The highest BCUT2D eigenvalue weighted by Gasteiger charge is 2.50. The molecule has 0 spiro atoms. The van der Waals surface area contributed by atoms with E-state index >= 15 is 0 Å². The van der Waals surface area contributed by atoms with Gasteiger partial charge in [0.1, 0.15) is 11.9 Å². The Hall–Kier alpha value is -3.04. The lowest BCUT2D eigenvalue weighted by Crippen LogP contribution is -2.61. The first-order valence-corrected chi connectivity index (χ1v) is 8.76. The molecule has 2 rings (SSSR count). The molecule has 0 radical (unpaired) electrons. The van der Waals surface area contributed by atoms with E-state index in [1.165, 1.54) is 18.3 Å². The molecule has 0 bridgehead atoms. The highest BCUT2D eigenvalue weighted by atomic mass is 16.5. The number of carboxylic acids is 1. The maximum Gasteiger partial charge on any atom is 0.351 e. The summed E-state index contributed by atoms with van der Waals surface area (Å²) in [6.07, 6.45) is -1.02. The molecule has 0 aliphatic carbocycles. The number of carboxylic acid groups (broad SMARTS) is 1. The second-order valence-electron chi connectivity index (χ2n) is 6.76. The van der Waals surface area contributed by atoms with Crippen molar-refractivity contribution in [2.45, 2.75) is 43.1 Å². The fourth-order valence-corrected chi connectivity index (χ4v) is 2.99. The monoisotopic (exact) mass is 427 g/mol. The number of aliphatic carboxylic acids is 1. The van der Waals surface area contributed by atoms with Gasteiger partial charge >= 0.3 is 11.7 Å². The summed E-state index contributed by atoms with van der Waals surface area (Å²) in [5, 5.41) is 39.8. The third-order valence-electron chi connectivity index (χ3n) is 4.51. The number of hydrogen-bond acceptors (Lipinski definition) is 10. The molecule has 14 nitrogen and oxygen atoms in total. The van der Waals surface area contributed by atoms with Crippen molar-refractivity contribution in [2.24, 2.45) is 22.2 Å².